The second-order valence-electron chi connectivity index (χ2n) is 4.39. The van der Waals surface area contributed by atoms with Gasteiger partial charge in [-0.2, -0.15) is 0 Å². The molecule has 0 atom stereocenters. The molecule has 0 spiro atoms. The van der Waals surface area contributed by atoms with Crippen LogP contribution in [0.25, 0.3) is 21.6 Å². The fraction of sp³-hybridized carbons (Fsp3) is 0.0588. The van der Waals surface area contributed by atoms with Crippen LogP contribution < -0.4 is 5.73 Å². The number of rotatable bonds is 3. The summed E-state index contributed by atoms with van der Waals surface area (Å²) in [6.07, 6.45) is 0. The number of hydrogen-bond acceptors (Lipinski definition) is 2. The molecule has 0 radical (unpaired) electrons. The molecule has 1 nitrogen and oxygen atoms in total. The molecule has 0 bridgehead atoms. The van der Waals surface area contributed by atoms with E-state index < -0.39 is 0 Å². The molecule has 0 saturated carbocycles. The van der Waals surface area contributed by atoms with Gasteiger partial charge in [0.05, 0.1) is 0 Å². The molecular formula is C17H15NS. The summed E-state index contributed by atoms with van der Waals surface area (Å²) >= 11 is 1.78. The average Bonchev–Trinajstić information content (AvgIpc) is 2.93. The summed E-state index contributed by atoms with van der Waals surface area (Å²) in [4.78, 5) is 2.52. The summed E-state index contributed by atoms with van der Waals surface area (Å²) in [6.45, 7) is 0.595. The lowest BCUT2D eigenvalue weighted by molar-refractivity contribution is 1.11. The van der Waals surface area contributed by atoms with Crippen LogP contribution in [0.15, 0.2) is 66.7 Å². The lowest BCUT2D eigenvalue weighted by atomic mass is 10.0. The first kappa shape index (κ1) is 12.2. The fourth-order valence-electron chi connectivity index (χ4n) is 2.18. The molecule has 3 aromatic rings. The maximum atomic E-state index is 5.80. The van der Waals surface area contributed by atoms with E-state index in [2.05, 4.69) is 54.6 Å². The molecule has 2 aromatic carbocycles. The maximum absolute atomic E-state index is 5.80. The van der Waals surface area contributed by atoms with E-state index in [1.807, 2.05) is 12.1 Å². The monoisotopic (exact) mass is 265 g/mol. The second kappa shape index (κ2) is 5.39. The van der Waals surface area contributed by atoms with Crippen LogP contribution in [0, 0.1) is 0 Å². The zero-order valence-corrected chi connectivity index (χ0v) is 11.4. The molecule has 3 rings (SSSR count). The summed E-state index contributed by atoms with van der Waals surface area (Å²) in [5.41, 5.74) is 9.58. The molecule has 19 heavy (non-hydrogen) atoms. The minimum atomic E-state index is 0.595. The van der Waals surface area contributed by atoms with Gasteiger partial charge in [-0.05, 0) is 17.2 Å². The van der Waals surface area contributed by atoms with Crippen molar-refractivity contribution in [3.8, 4) is 21.6 Å². The zero-order valence-electron chi connectivity index (χ0n) is 10.5. The van der Waals surface area contributed by atoms with Crippen molar-refractivity contribution in [3.05, 3.63) is 71.6 Å². The van der Waals surface area contributed by atoms with Crippen LogP contribution in [0.5, 0.6) is 0 Å². The standard InChI is InChI=1S/C17H15NS/c18-12-15-11-16(13-7-3-1-4-8-13)17(19-15)14-9-5-2-6-10-14/h1-11H,12,18H2. The Morgan fingerprint density at radius 2 is 1.37 bits per heavy atom. The minimum absolute atomic E-state index is 0.595. The highest BCUT2D eigenvalue weighted by atomic mass is 32.1. The molecule has 2 N–H and O–H groups in total. The molecule has 0 amide bonds. The largest absolute Gasteiger partial charge is 0.326 e. The Balaban J connectivity index is 2.17. The molecule has 2 heteroatoms. The third-order valence-corrected chi connectivity index (χ3v) is 4.31. The van der Waals surface area contributed by atoms with Crippen molar-refractivity contribution < 1.29 is 0 Å². The molecule has 1 aromatic heterocycles. The Labute approximate surface area is 117 Å². The number of thiophene rings is 1. The van der Waals surface area contributed by atoms with E-state index in [0.717, 1.165) is 0 Å². The van der Waals surface area contributed by atoms with Crippen molar-refractivity contribution in [2.45, 2.75) is 6.54 Å². The van der Waals surface area contributed by atoms with Crippen LogP contribution in [0.2, 0.25) is 0 Å². The minimum Gasteiger partial charge on any atom is -0.326 e. The van der Waals surface area contributed by atoms with Gasteiger partial charge >= 0.3 is 0 Å². The fourth-order valence-corrected chi connectivity index (χ4v) is 3.24. The van der Waals surface area contributed by atoms with Crippen molar-refractivity contribution in [2.24, 2.45) is 5.73 Å². The van der Waals surface area contributed by atoms with E-state index in [4.69, 9.17) is 5.73 Å². The summed E-state index contributed by atoms with van der Waals surface area (Å²) < 4.78 is 0. The zero-order chi connectivity index (χ0) is 13.1. The van der Waals surface area contributed by atoms with Crippen LogP contribution in [0.4, 0.5) is 0 Å². The van der Waals surface area contributed by atoms with Gasteiger partial charge < -0.3 is 5.73 Å². The Bertz CT molecular complexity index is 599. The number of benzene rings is 2. The van der Waals surface area contributed by atoms with Crippen molar-refractivity contribution in [3.63, 3.8) is 0 Å². The molecule has 1 heterocycles. The van der Waals surface area contributed by atoms with E-state index in [0.29, 0.717) is 6.54 Å². The molecule has 0 aliphatic heterocycles. The second-order valence-corrected chi connectivity index (χ2v) is 5.53. The van der Waals surface area contributed by atoms with Gasteiger partial charge in [-0.1, -0.05) is 60.7 Å². The van der Waals surface area contributed by atoms with Gasteiger partial charge in [0, 0.05) is 21.9 Å². The highest BCUT2D eigenvalue weighted by molar-refractivity contribution is 7.16. The predicted octanol–water partition coefficient (Wildman–Crippen LogP) is 4.54. The first-order valence-electron chi connectivity index (χ1n) is 6.32. The van der Waals surface area contributed by atoms with Gasteiger partial charge in [0.1, 0.15) is 0 Å². The van der Waals surface area contributed by atoms with Gasteiger partial charge in [0.2, 0.25) is 0 Å². The van der Waals surface area contributed by atoms with Crippen LogP contribution in [0.3, 0.4) is 0 Å². The lowest BCUT2D eigenvalue weighted by Gasteiger charge is -2.03. The van der Waals surface area contributed by atoms with Crippen LogP contribution in [0.1, 0.15) is 4.88 Å². The summed E-state index contributed by atoms with van der Waals surface area (Å²) in [7, 11) is 0. The normalized spacial score (nSPS) is 10.6. The summed E-state index contributed by atoms with van der Waals surface area (Å²) in [6, 6.07) is 23.2. The van der Waals surface area contributed by atoms with Gasteiger partial charge in [-0.25, -0.2) is 0 Å². The Hall–Kier alpha value is -1.90. The summed E-state index contributed by atoms with van der Waals surface area (Å²) in [5.74, 6) is 0. The Morgan fingerprint density at radius 3 is 1.95 bits per heavy atom. The predicted molar refractivity (Wildman–Crippen MR) is 83.1 cm³/mol. The highest BCUT2D eigenvalue weighted by Crippen LogP contribution is 2.39. The first-order chi connectivity index (χ1) is 9.38. The molecule has 0 aliphatic carbocycles. The van der Waals surface area contributed by atoms with E-state index in [1.54, 1.807) is 11.3 Å². The quantitative estimate of drug-likeness (QED) is 0.739. The Kier molecular flexibility index (Phi) is 3.45. The van der Waals surface area contributed by atoms with E-state index in [1.165, 1.54) is 26.4 Å². The van der Waals surface area contributed by atoms with Crippen LogP contribution in [-0.2, 0) is 6.54 Å². The van der Waals surface area contributed by atoms with E-state index in [-0.39, 0.29) is 0 Å². The third-order valence-electron chi connectivity index (χ3n) is 3.11. The van der Waals surface area contributed by atoms with Crippen molar-refractivity contribution in [1.29, 1.82) is 0 Å². The highest BCUT2D eigenvalue weighted by Gasteiger charge is 2.11. The smallest absolute Gasteiger partial charge is 0.0424 e. The first-order valence-corrected chi connectivity index (χ1v) is 7.14. The Morgan fingerprint density at radius 1 is 0.789 bits per heavy atom. The van der Waals surface area contributed by atoms with Crippen LogP contribution in [-0.4, -0.2) is 0 Å². The topological polar surface area (TPSA) is 26.0 Å². The molecular weight excluding hydrogens is 250 g/mol. The summed E-state index contributed by atoms with van der Waals surface area (Å²) in [5, 5.41) is 0. The third kappa shape index (κ3) is 2.46. The van der Waals surface area contributed by atoms with Crippen molar-refractivity contribution in [2.75, 3.05) is 0 Å². The lowest BCUT2D eigenvalue weighted by Crippen LogP contribution is -1.91. The number of hydrogen-bond donors (Lipinski definition) is 1. The molecule has 0 fully saturated rings. The average molecular weight is 265 g/mol. The molecule has 0 unspecified atom stereocenters. The van der Waals surface area contributed by atoms with Gasteiger partial charge in [0.25, 0.3) is 0 Å². The molecule has 94 valence electrons. The van der Waals surface area contributed by atoms with Gasteiger partial charge in [0.15, 0.2) is 0 Å². The maximum Gasteiger partial charge on any atom is 0.0424 e. The molecule has 0 saturated heterocycles. The van der Waals surface area contributed by atoms with Gasteiger partial charge in [-0.3, -0.25) is 0 Å². The number of nitrogens with two attached hydrogens (primary N) is 1. The van der Waals surface area contributed by atoms with E-state index >= 15 is 0 Å². The van der Waals surface area contributed by atoms with E-state index in [9.17, 15) is 0 Å². The SMILES string of the molecule is NCc1cc(-c2ccccc2)c(-c2ccccc2)s1. The van der Waals surface area contributed by atoms with Gasteiger partial charge in [-0.15, -0.1) is 11.3 Å². The molecule has 0 aliphatic rings. The van der Waals surface area contributed by atoms with Crippen LogP contribution >= 0.6 is 11.3 Å². The van der Waals surface area contributed by atoms with Crippen molar-refractivity contribution >= 4 is 11.3 Å². The van der Waals surface area contributed by atoms with Crippen molar-refractivity contribution in [1.82, 2.24) is 0 Å².